The number of ether oxygens (including phenoxy) is 2. The number of benzene rings is 2. The summed E-state index contributed by atoms with van der Waals surface area (Å²) in [6.45, 7) is 3.73. The molecule has 2 N–H and O–H groups in total. The molecule has 2 heterocycles. The second-order valence-corrected chi connectivity index (χ2v) is 7.98. The Hall–Kier alpha value is -3.43. The number of aliphatic hydroxyl groups excluding tert-OH is 2. The zero-order valence-corrected chi connectivity index (χ0v) is 18.5. The molecule has 1 aliphatic heterocycles. The number of hydrogen-bond acceptors (Lipinski definition) is 8. The highest BCUT2D eigenvalue weighted by Gasteiger charge is 2.25. The van der Waals surface area contributed by atoms with Crippen molar-refractivity contribution in [2.75, 3.05) is 37.7 Å². The van der Waals surface area contributed by atoms with Gasteiger partial charge in [0.15, 0.2) is 0 Å². The number of rotatable bonds is 7. The Bertz CT molecular complexity index is 1070. The Morgan fingerprint density at radius 3 is 2.42 bits per heavy atom. The maximum absolute atomic E-state index is 12.4. The van der Waals surface area contributed by atoms with Gasteiger partial charge in [0.1, 0.15) is 19.3 Å². The summed E-state index contributed by atoms with van der Waals surface area (Å²) in [6.07, 6.45) is -2.27. The average Bonchev–Trinajstić information content (AvgIpc) is 2.86. The van der Waals surface area contributed by atoms with Gasteiger partial charge >= 0.3 is 6.09 Å². The average molecular weight is 453 g/mol. The topological polar surface area (TPSA) is 108 Å². The molecule has 0 saturated carbocycles. The van der Waals surface area contributed by atoms with Crippen LogP contribution in [0.15, 0.2) is 54.6 Å². The number of hydrogen-bond donors (Lipinski definition) is 2. The van der Waals surface area contributed by atoms with E-state index in [1.165, 1.54) is 6.92 Å². The summed E-state index contributed by atoms with van der Waals surface area (Å²) in [5.41, 5.74) is 1.66. The van der Waals surface area contributed by atoms with Crippen molar-refractivity contribution < 1.29 is 24.5 Å². The highest BCUT2D eigenvalue weighted by molar-refractivity contribution is 5.84. The molecule has 4 rings (SSSR count). The highest BCUT2D eigenvalue weighted by Crippen LogP contribution is 2.26. The van der Waals surface area contributed by atoms with Crippen LogP contribution in [0, 0.1) is 0 Å². The number of nitrogens with zero attached hydrogens (tertiary/aromatic N) is 4. The van der Waals surface area contributed by atoms with Crippen molar-refractivity contribution in [1.29, 1.82) is 0 Å². The van der Waals surface area contributed by atoms with Crippen LogP contribution in [0.4, 0.5) is 10.7 Å². The third-order valence-electron chi connectivity index (χ3n) is 5.53. The van der Waals surface area contributed by atoms with Gasteiger partial charge in [-0.05, 0) is 24.6 Å². The molecule has 9 nitrogen and oxygen atoms in total. The van der Waals surface area contributed by atoms with Gasteiger partial charge in [-0.1, -0.05) is 42.5 Å². The van der Waals surface area contributed by atoms with E-state index >= 15 is 0 Å². The van der Waals surface area contributed by atoms with Gasteiger partial charge < -0.3 is 29.5 Å². The van der Waals surface area contributed by atoms with E-state index in [2.05, 4.69) is 9.97 Å². The van der Waals surface area contributed by atoms with Crippen LogP contribution in [0.5, 0.6) is 5.88 Å². The molecule has 9 heteroatoms. The lowest BCUT2D eigenvalue weighted by Gasteiger charge is -2.34. The zero-order chi connectivity index (χ0) is 23.2. The van der Waals surface area contributed by atoms with Crippen LogP contribution in [0.1, 0.15) is 12.5 Å². The Morgan fingerprint density at radius 1 is 1.00 bits per heavy atom. The molecule has 1 saturated heterocycles. The van der Waals surface area contributed by atoms with E-state index < -0.39 is 12.2 Å². The van der Waals surface area contributed by atoms with Crippen molar-refractivity contribution in [3.63, 3.8) is 0 Å². The first-order valence-corrected chi connectivity index (χ1v) is 11.0. The number of aromatic nitrogens is 2. The summed E-state index contributed by atoms with van der Waals surface area (Å²) >= 11 is 0. The molecule has 0 radical (unpaired) electrons. The predicted molar refractivity (Wildman–Crippen MR) is 123 cm³/mol. The van der Waals surface area contributed by atoms with E-state index in [0.717, 1.165) is 10.9 Å². The van der Waals surface area contributed by atoms with Crippen LogP contribution in [0.2, 0.25) is 0 Å². The van der Waals surface area contributed by atoms with Crippen LogP contribution in [0.3, 0.4) is 0 Å². The lowest BCUT2D eigenvalue weighted by atomic mass is 10.2. The monoisotopic (exact) mass is 452 g/mol. The molecule has 1 aromatic heterocycles. The molecule has 1 fully saturated rings. The Kier molecular flexibility index (Phi) is 7.21. The Morgan fingerprint density at radius 2 is 1.70 bits per heavy atom. The molecule has 1 amide bonds. The maximum Gasteiger partial charge on any atom is 0.410 e. The smallest absolute Gasteiger partial charge is 0.410 e. The number of fused-ring (bicyclic) bond motifs is 1. The molecule has 0 bridgehead atoms. The molecule has 3 aromatic rings. The standard InChI is InChI=1S/C24H28N4O5/c1-17(29)21(30)16-32-22-19-9-5-6-10-20(19)25-23(26-22)27-11-13-28(14-12-27)24(31)33-15-18-7-3-2-4-8-18/h2-10,17,21,29-30H,11-16H2,1H3/t17-,21-/m0/s1. The van der Waals surface area contributed by atoms with Crippen LogP contribution in [-0.2, 0) is 11.3 Å². The number of aliphatic hydroxyl groups is 2. The van der Waals surface area contributed by atoms with E-state index in [4.69, 9.17) is 9.47 Å². The first kappa shape index (κ1) is 22.8. The molecule has 0 spiro atoms. The minimum absolute atomic E-state index is 0.0842. The molecule has 33 heavy (non-hydrogen) atoms. The van der Waals surface area contributed by atoms with Gasteiger partial charge in [0.25, 0.3) is 0 Å². The molecule has 2 atom stereocenters. The summed E-state index contributed by atoms with van der Waals surface area (Å²) < 4.78 is 11.2. The van der Waals surface area contributed by atoms with E-state index in [1.807, 2.05) is 59.5 Å². The van der Waals surface area contributed by atoms with Gasteiger partial charge in [-0.25, -0.2) is 9.78 Å². The molecular weight excluding hydrogens is 424 g/mol. The molecule has 2 aromatic carbocycles. The van der Waals surface area contributed by atoms with E-state index in [9.17, 15) is 15.0 Å². The number of amides is 1. The quantitative estimate of drug-likeness (QED) is 0.562. The minimum atomic E-state index is -1.02. The fraction of sp³-hybridized carbons (Fsp3) is 0.375. The molecule has 0 aliphatic carbocycles. The summed E-state index contributed by atoms with van der Waals surface area (Å²) in [5, 5.41) is 20.2. The molecule has 1 aliphatic rings. The fourth-order valence-corrected chi connectivity index (χ4v) is 3.49. The fourth-order valence-electron chi connectivity index (χ4n) is 3.49. The number of carbonyl (C=O) groups excluding carboxylic acids is 1. The Balaban J connectivity index is 1.40. The van der Waals surface area contributed by atoms with Crippen LogP contribution in [0.25, 0.3) is 10.9 Å². The second-order valence-electron chi connectivity index (χ2n) is 7.98. The number of carbonyl (C=O) groups is 1. The molecule has 174 valence electrons. The molecular formula is C24H28N4O5. The summed E-state index contributed by atoms with van der Waals surface area (Å²) in [6, 6.07) is 17.1. The van der Waals surface area contributed by atoms with Crippen molar-refractivity contribution in [3.05, 3.63) is 60.2 Å². The van der Waals surface area contributed by atoms with Crippen molar-refractivity contribution >= 4 is 22.9 Å². The summed E-state index contributed by atoms with van der Waals surface area (Å²) in [7, 11) is 0. The predicted octanol–water partition coefficient (Wildman–Crippen LogP) is 2.21. The third kappa shape index (κ3) is 5.68. The van der Waals surface area contributed by atoms with Gasteiger partial charge in [0, 0.05) is 26.2 Å². The minimum Gasteiger partial charge on any atom is -0.474 e. The summed E-state index contributed by atoms with van der Waals surface area (Å²) in [4.78, 5) is 25.3. The second kappa shape index (κ2) is 10.5. The normalized spacial score (nSPS) is 15.8. The van der Waals surface area contributed by atoms with Crippen molar-refractivity contribution in [3.8, 4) is 5.88 Å². The number of anilines is 1. The lowest BCUT2D eigenvalue weighted by molar-refractivity contribution is 0.00167. The van der Waals surface area contributed by atoms with Gasteiger partial charge in [-0.3, -0.25) is 0 Å². The lowest BCUT2D eigenvalue weighted by Crippen LogP contribution is -2.49. The van der Waals surface area contributed by atoms with Gasteiger partial charge in [0.2, 0.25) is 11.8 Å². The van der Waals surface area contributed by atoms with Crippen LogP contribution < -0.4 is 9.64 Å². The van der Waals surface area contributed by atoms with Crippen molar-refractivity contribution in [2.45, 2.75) is 25.7 Å². The van der Waals surface area contributed by atoms with Gasteiger partial charge in [-0.2, -0.15) is 4.98 Å². The first-order valence-electron chi connectivity index (χ1n) is 11.0. The zero-order valence-electron chi connectivity index (χ0n) is 18.5. The largest absolute Gasteiger partial charge is 0.474 e. The van der Waals surface area contributed by atoms with Crippen molar-refractivity contribution in [1.82, 2.24) is 14.9 Å². The maximum atomic E-state index is 12.4. The van der Waals surface area contributed by atoms with Crippen molar-refractivity contribution in [2.24, 2.45) is 0 Å². The molecule has 0 unspecified atom stereocenters. The van der Waals surface area contributed by atoms with E-state index in [1.54, 1.807) is 4.90 Å². The van der Waals surface area contributed by atoms with E-state index in [-0.39, 0.29) is 19.3 Å². The summed E-state index contributed by atoms with van der Waals surface area (Å²) in [5.74, 6) is 0.840. The van der Waals surface area contributed by atoms with Gasteiger partial charge in [0.05, 0.1) is 17.0 Å². The first-order chi connectivity index (χ1) is 16.0. The third-order valence-corrected chi connectivity index (χ3v) is 5.53. The van der Waals surface area contributed by atoms with Crippen LogP contribution >= 0.6 is 0 Å². The SMILES string of the molecule is C[C@H](O)[C@@H](O)COc1nc(N2CCN(C(=O)OCc3ccccc3)CC2)nc2ccccc12. The van der Waals surface area contributed by atoms with Gasteiger partial charge in [-0.15, -0.1) is 0 Å². The van der Waals surface area contributed by atoms with E-state index in [0.29, 0.717) is 43.5 Å². The van der Waals surface area contributed by atoms with Crippen LogP contribution in [-0.4, -0.2) is 76.2 Å². The Labute approximate surface area is 192 Å². The number of piperazine rings is 1. The number of para-hydroxylation sites is 1. The highest BCUT2D eigenvalue weighted by atomic mass is 16.6.